The maximum absolute atomic E-state index is 15.0. The van der Waals surface area contributed by atoms with Crippen molar-refractivity contribution in [2.24, 2.45) is 11.8 Å². The number of hydrogen-bond donors (Lipinski definition) is 0. The molecule has 0 N–H and O–H groups in total. The summed E-state index contributed by atoms with van der Waals surface area (Å²) in [5.74, 6) is 0.806. The molecule has 0 unspecified atom stereocenters. The molecule has 2 aliphatic rings. The average molecular weight is 283 g/mol. The number of halogens is 1. The van der Waals surface area contributed by atoms with Crippen molar-refractivity contribution in [1.29, 1.82) is 0 Å². The van der Waals surface area contributed by atoms with Crippen molar-refractivity contribution in [2.45, 2.75) is 65.8 Å². The van der Waals surface area contributed by atoms with Gasteiger partial charge in [0.2, 0.25) is 0 Å². The minimum absolute atomic E-state index is 0.360. The summed E-state index contributed by atoms with van der Waals surface area (Å²) in [5, 5.41) is 0. The zero-order valence-corrected chi connectivity index (χ0v) is 13.9. The van der Waals surface area contributed by atoms with Gasteiger partial charge >= 0.3 is 0 Å². The maximum atomic E-state index is 15.0. The first-order valence-electron chi connectivity index (χ1n) is 8.05. The number of alkyl halides is 1. The van der Waals surface area contributed by atoms with E-state index in [0.717, 1.165) is 13.0 Å². The predicted molar refractivity (Wildman–Crippen MR) is 81.6 cm³/mol. The van der Waals surface area contributed by atoms with Crippen LogP contribution in [0, 0.1) is 11.8 Å². The minimum Gasteiger partial charge on any atom is -0.363 e. The Morgan fingerprint density at radius 1 is 1.15 bits per heavy atom. The van der Waals surface area contributed by atoms with Crippen molar-refractivity contribution < 1.29 is 9.13 Å². The third-order valence-electron chi connectivity index (χ3n) is 4.96. The predicted octanol–water partition coefficient (Wildman–Crippen LogP) is 3.82. The van der Waals surface area contributed by atoms with Gasteiger partial charge in [0.1, 0.15) is 11.8 Å². The van der Waals surface area contributed by atoms with Gasteiger partial charge in [-0.1, -0.05) is 27.7 Å². The molecule has 3 heteroatoms. The molecule has 0 saturated carbocycles. The lowest BCUT2D eigenvalue weighted by Crippen LogP contribution is -2.56. The summed E-state index contributed by atoms with van der Waals surface area (Å²) < 4.78 is 21.1. The largest absolute Gasteiger partial charge is 0.363 e. The summed E-state index contributed by atoms with van der Waals surface area (Å²) in [5.41, 5.74) is 1.95. The molecule has 0 aromatic rings. The van der Waals surface area contributed by atoms with Gasteiger partial charge in [0.25, 0.3) is 0 Å². The van der Waals surface area contributed by atoms with E-state index in [1.807, 2.05) is 0 Å². The smallest absolute Gasteiger partial charge is 0.145 e. The highest BCUT2D eigenvalue weighted by molar-refractivity contribution is 5.35. The van der Waals surface area contributed by atoms with Crippen molar-refractivity contribution in [2.75, 3.05) is 19.7 Å². The average Bonchev–Trinajstić information content (AvgIpc) is 2.73. The van der Waals surface area contributed by atoms with Crippen molar-refractivity contribution >= 4 is 0 Å². The topological polar surface area (TPSA) is 12.5 Å². The van der Waals surface area contributed by atoms with E-state index in [-0.39, 0.29) is 0 Å². The van der Waals surface area contributed by atoms with E-state index in [4.69, 9.17) is 4.74 Å². The standard InChI is InChI=1S/C17H30FNO/c1-11(2)14-10-20-17(16(14)12(3)4)7-8-19(13(5)6)9-15(17)18/h11-13,15H,7-10H2,1-6H3/t15-,17-/m1/s1. The van der Waals surface area contributed by atoms with Crippen LogP contribution in [0.5, 0.6) is 0 Å². The van der Waals surface area contributed by atoms with Crippen LogP contribution >= 0.6 is 0 Å². The quantitative estimate of drug-likeness (QED) is 0.730. The van der Waals surface area contributed by atoms with Gasteiger partial charge in [-0.25, -0.2) is 4.39 Å². The summed E-state index contributed by atoms with van der Waals surface area (Å²) in [7, 11) is 0. The molecule has 0 aliphatic carbocycles. The molecule has 1 saturated heterocycles. The van der Waals surface area contributed by atoms with Crippen molar-refractivity contribution in [1.82, 2.24) is 4.90 Å². The Kier molecular flexibility index (Phi) is 4.60. The first-order chi connectivity index (χ1) is 9.29. The van der Waals surface area contributed by atoms with Crippen molar-refractivity contribution in [3.8, 4) is 0 Å². The van der Waals surface area contributed by atoms with Crippen LogP contribution in [0.3, 0.4) is 0 Å². The van der Waals surface area contributed by atoms with Crippen LogP contribution in [0.15, 0.2) is 11.1 Å². The number of hydrogen-bond acceptors (Lipinski definition) is 2. The Morgan fingerprint density at radius 2 is 1.80 bits per heavy atom. The van der Waals surface area contributed by atoms with Gasteiger partial charge in [-0.15, -0.1) is 0 Å². The number of ether oxygens (including phenoxy) is 1. The molecule has 0 radical (unpaired) electrons. The van der Waals surface area contributed by atoms with Crippen LogP contribution in [0.4, 0.5) is 4.39 Å². The molecule has 0 aromatic heterocycles. The van der Waals surface area contributed by atoms with Gasteiger partial charge in [0.05, 0.1) is 6.61 Å². The number of rotatable bonds is 3. The summed E-state index contributed by atoms with van der Waals surface area (Å²) in [6.07, 6.45) is -0.122. The van der Waals surface area contributed by atoms with Gasteiger partial charge in [0, 0.05) is 19.1 Å². The second-order valence-electron chi connectivity index (χ2n) is 7.23. The van der Waals surface area contributed by atoms with Crippen LogP contribution < -0.4 is 0 Å². The van der Waals surface area contributed by atoms with E-state index in [1.165, 1.54) is 11.1 Å². The summed E-state index contributed by atoms with van der Waals surface area (Å²) >= 11 is 0. The summed E-state index contributed by atoms with van der Waals surface area (Å²) in [4.78, 5) is 2.23. The molecule has 0 bridgehead atoms. The SMILES string of the molecule is CC(C)C1=C(C(C)C)[C@]2(CCN(C(C)C)C[C@H]2F)OC1. The van der Waals surface area contributed by atoms with E-state index in [0.29, 0.717) is 31.0 Å². The molecule has 0 amide bonds. The molecule has 2 nitrogen and oxygen atoms in total. The molecule has 2 heterocycles. The minimum atomic E-state index is -0.910. The van der Waals surface area contributed by atoms with E-state index in [1.54, 1.807) is 0 Å². The zero-order chi connectivity index (χ0) is 15.1. The van der Waals surface area contributed by atoms with Crippen LogP contribution in [0.25, 0.3) is 0 Å². The number of piperidine rings is 1. The van der Waals surface area contributed by atoms with E-state index < -0.39 is 11.8 Å². The van der Waals surface area contributed by atoms with E-state index >= 15 is 4.39 Å². The Balaban J connectivity index is 2.31. The van der Waals surface area contributed by atoms with Crippen molar-refractivity contribution in [3.63, 3.8) is 0 Å². The highest BCUT2D eigenvalue weighted by Crippen LogP contribution is 2.46. The highest BCUT2D eigenvalue weighted by Gasteiger charge is 2.52. The van der Waals surface area contributed by atoms with Gasteiger partial charge < -0.3 is 4.74 Å². The number of nitrogens with zero attached hydrogens (tertiary/aromatic N) is 1. The first kappa shape index (κ1) is 16.0. The highest BCUT2D eigenvalue weighted by atomic mass is 19.1. The van der Waals surface area contributed by atoms with Gasteiger partial charge in [-0.2, -0.15) is 0 Å². The Bertz CT molecular complexity index is 388. The lowest BCUT2D eigenvalue weighted by atomic mass is 9.75. The van der Waals surface area contributed by atoms with Gasteiger partial charge in [0.15, 0.2) is 0 Å². The monoisotopic (exact) mass is 283 g/mol. The molecule has 20 heavy (non-hydrogen) atoms. The molecule has 0 aromatic carbocycles. The fourth-order valence-electron chi connectivity index (χ4n) is 3.82. The Labute approximate surface area is 123 Å². The summed E-state index contributed by atoms with van der Waals surface area (Å²) in [6.45, 7) is 15.1. The third kappa shape index (κ3) is 2.55. The fourth-order valence-corrected chi connectivity index (χ4v) is 3.82. The fraction of sp³-hybridized carbons (Fsp3) is 0.882. The normalized spacial score (nSPS) is 32.4. The zero-order valence-electron chi connectivity index (χ0n) is 13.9. The Hall–Kier alpha value is -0.410. The second kappa shape index (κ2) is 5.76. The van der Waals surface area contributed by atoms with Crippen molar-refractivity contribution in [3.05, 3.63) is 11.1 Å². The molecular formula is C17H30FNO. The second-order valence-corrected chi connectivity index (χ2v) is 7.23. The number of likely N-dealkylation sites (tertiary alicyclic amines) is 1. The molecule has 2 atom stereocenters. The van der Waals surface area contributed by atoms with Crippen LogP contribution in [-0.2, 0) is 4.74 Å². The van der Waals surface area contributed by atoms with Gasteiger partial charge in [-0.05, 0) is 43.3 Å². The van der Waals surface area contributed by atoms with Crippen LogP contribution in [0.2, 0.25) is 0 Å². The molecule has 116 valence electrons. The molecule has 2 aliphatic heterocycles. The van der Waals surface area contributed by atoms with Gasteiger partial charge in [-0.3, -0.25) is 4.90 Å². The van der Waals surface area contributed by atoms with Crippen LogP contribution in [0.1, 0.15) is 48.0 Å². The summed E-state index contributed by atoms with van der Waals surface area (Å²) in [6, 6.07) is 0.406. The maximum Gasteiger partial charge on any atom is 0.145 e. The lowest BCUT2D eigenvalue weighted by molar-refractivity contribution is -0.0940. The molecule has 1 fully saturated rings. The lowest BCUT2D eigenvalue weighted by Gasteiger charge is -2.45. The molecular weight excluding hydrogens is 253 g/mol. The van der Waals surface area contributed by atoms with E-state index in [9.17, 15) is 0 Å². The molecule has 2 rings (SSSR count). The van der Waals surface area contributed by atoms with Crippen LogP contribution in [-0.4, -0.2) is 42.4 Å². The molecule has 1 spiro atoms. The first-order valence-corrected chi connectivity index (χ1v) is 8.05. The van der Waals surface area contributed by atoms with E-state index in [2.05, 4.69) is 46.4 Å². The third-order valence-corrected chi connectivity index (χ3v) is 4.96. The Morgan fingerprint density at radius 3 is 2.25 bits per heavy atom.